The smallest absolute Gasteiger partial charge is 0.132 e. The highest BCUT2D eigenvalue weighted by Gasteiger charge is 2.23. The fourth-order valence-electron chi connectivity index (χ4n) is 2.81. The normalized spacial score (nSPS) is 14.6. The number of likely N-dealkylation sites (tertiary alicyclic amines) is 1. The summed E-state index contributed by atoms with van der Waals surface area (Å²) < 4.78 is 0. The van der Waals surface area contributed by atoms with Gasteiger partial charge >= 0.3 is 0 Å². The lowest BCUT2D eigenvalue weighted by atomic mass is 10.0. The van der Waals surface area contributed by atoms with Crippen molar-refractivity contribution in [3.05, 3.63) is 42.1 Å². The number of hydrogen-bond acceptors (Lipinski definition) is 2. The van der Waals surface area contributed by atoms with Gasteiger partial charge in [-0.1, -0.05) is 30.3 Å². The summed E-state index contributed by atoms with van der Waals surface area (Å²) in [6, 6.07) is 10.3. The van der Waals surface area contributed by atoms with Crippen LogP contribution in [0.25, 0.3) is 11.1 Å². The molecule has 0 atom stereocenters. The van der Waals surface area contributed by atoms with Crippen molar-refractivity contribution < 1.29 is 0 Å². The van der Waals surface area contributed by atoms with Crippen molar-refractivity contribution >= 4 is 11.7 Å². The molecule has 0 saturated carbocycles. The molecule has 3 N–H and O–H groups in total. The molecule has 0 spiro atoms. The second kappa shape index (κ2) is 5.41. The lowest BCUT2D eigenvalue weighted by Crippen LogP contribution is -2.28. The number of nitrogens with zero attached hydrogens (tertiary/aromatic N) is 1. The Morgan fingerprint density at radius 3 is 2.55 bits per heavy atom. The number of aromatic amines is 1. The SMILES string of the molecule is CNc1[nH]cc(-c2ccccc2)c1C(=N)N1CCCC1. The molecule has 4 heteroatoms. The Hall–Kier alpha value is -2.23. The van der Waals surface area contributed by atoms with Crippen molar-refractivity contribution in [3.63, 3.8) is 0 Å². The molecular weight excluding hydrogens is 248 g/mol. The minimum Gasteiger partial charge on any atom is -0.374 e. The van der Waals surface area contributed by atoms with E-state index in [9.17, 15) is 0 Å². The van der Waals surface area contributed by atoms with Crippen LogP contribution in [0.15, 0.2) is 36.5 Å². The van der Waals surface area contributed by atoms with Gasteiger partial charge in [0.05, 0.1) is 5.56 Å². The minimum atomic E-state index is 0.618. The van der Waals surface area contributed by atoms with Gasteiger partial charge in [-0.3, -0.25) is 5.41 Å². The maximum atomic E-state index is 8.54. The largest absolute Gasteiger partial charge is 0.374 e. The summed E-state index contributed by atoms with van der Waals surface area (Å²) in [6.45, 7) is 1.97. The molecular formula is C16H20N4. The van der Waals surface area contributed by atoms with Gasteiger partial charge in [0.2, 0.25) is 0 Å². The Labute approximate surface area is 119 Å². The molecule has 1 aromatic carbocycles. The first kappa shape index (κ1) is 12.8. The molecule has 1 aromatic heterocycles. The van der Waals surface area contributed by atoms with Crippen molar-refractivity contribution in [2.24, 2.45) is 0 Å². The van der Waals surface area contributed by atoms with Crippen LogP contribution in [0.4, 0.5) is 5.82 Å². The zero-order valence-corrected chi connectivity index (χ0v) is 11.7. The molecule has 2 heterocycles. The number of rotatable bonds is 3. The van der Waals surface area contributed by atoms with E-state index in [1.165, 1.54) is 12.8 Å². The predicted octanol–water partition coefficient (Wildman–Crippen LogP) is 3.14. The Morgan fingerprint density at radius 2 is 1.90 bits per heavy atom. The quantitative estimate of drug-likeness (QED) is 0.591. The zero-order valence-electron chi connectivity index (χ0n) is 11.7. The van der Waals surface area contributed by atoms with E-state index in [-0.39, 0.29) is 0 Å². The first-order chi connectivity index (χ1) is 9.81. The highest BCUT2D eigenvalue weighted by molar-refractivity contribution is 6.07. The Morgan fingerprint density at radius 1 is 1.20 bits per heavy atom. The molecule has 1 saturated heterocycles. The third-order valence-electron chi connectivity index (χ3n) is 3.87. The zero-order chi connectivity index (χ0) is 13.9. The molecule has 0 radical (unpaired) electrons. The topological polar surface area (TPSA) is 54.9 Å². The summed E-state index contributed by atoms with van der Waals surface area (Å²) in [6.07, 6.45) is 4.35. The number of nitrogens with one attached hydrogen (secondary N) is 3. The third kappa shape index (κ3) is 2.18. The van der Waals surface area contributed by atoms with Gasteiger partial charge in [-0.2, -0.15) is 0 Å². The number of aromatic nitrogens is 1. The molecule has 1 fully saturated rings. The fourth-order valence-corrected chi connectivity index (χ4v) is 2.81. The first-order valence-corrected chi connectivity index (χ1v) is 7.09. The maximum absolute atomic E-state index is 8.54. The van der Waals surface area contributed by atoms with E-state index in [0.29, 0.717) is 5.84 Å². The van der Waals surface area contributed by atoms with Crippen LogP contribution in [0.1, 0.15) is 18.4 Å². The summed E-state index contributed by atoms with van der Waals surface area (Å²) in [5.74, 6) is 1.53. The maximum Gasteiger partial charge on any atom is 0.132 e. The van der Waals surface area contributed by atoms with Crippen LogP contribution in [-0.4, -0.2) is 35.9 Å². The monoisotopic (exact) mass is 268 g/mol. The molecule has 1 aliphatic rings. The summed E-state index contributed by atoms with van der Waals surface area (Å²) in [4.78, 5) is 5.41. The molecule has 0 unspecified atom stereocenters. The molecule has 104 valence electrons. The van der Waals surface area contributed by atoms with Crippen molar-refractivity contribution in [3.8, 4) is 11.1 Å². The van der Waals surface area contributed by atoms with Crippen molar-refractivity contribution in [2.75, 3.05) is 25.5 Å². The standard InChI is InChI=1S/C16H20N4/c1-18-16-14(15(17)20-9-5-6-10-20)13(11-19-16)12-7-3-2-4-8-12/h2-4,7-8,11,17-19H,5-6,9-10H2,1H3. The van der Waals surface area contributed by atoms with Crippen LogP contribution >= 0.6 is 0 Å². The van der Waals surface area contributed by atoms with Crippen LogP contribution in [0.5, 0.6) is 0 Å². The van der Waals surface area contributed by atoms with Crippen molar-refractivity contribution in [2.45, 2.75) is 12.8 Å². The molecule has 1 aliphatic heterocycles. The fraction of sp³-hybridized carbons (Fsp3) is 0.312. The third-order valence-corrected chi connectivity index (χ3v) is 3.87. The van der Waals surface area contributed by atoms with E-state index >= 15 is 0 Å². The Kier molecular flexibility index (Phi) is 3.46. The molecule has 2 aromatic rings. The molecule has 0 amide bonds. The van der Waals surface area contributed by atoms with E-state index < -0.39 is 0 Å². The van der Waals surface area contributed by atoms with Gasteiger partial charge in [0.25, 0.3) is 0 Å². The van der Waals surface area contributed by atoms with Crippen LogP contribution < -0.4 is 5.32 Å². The summed E-state index contributed by atoms with van der Waals surface area (Å²) >= 11 is 0. The number of benzene rings is 1. The lowest BCUT2D eigenvalue weighted by Gasteiger charge is -2.20. The van der Waals surface area contributed by atoms with Gasteiger partial charge in [-0.25, -0.2) is 0 Å². The van der Waals surface area contributed by atoms with Gasteiger partial charge in [0.15, 0.2) is 0 Å². The van der Waals surface area contributed by atoms with Gasteiger partial charge < -0.3 is 15.2 Å². The Balaban J connectivity index is 2.04. The second-order valence-corrected chi connectivity index (χ2v) is 5.11. The van der Waals surface area contributed by atoms with Gasteiger partial charge in [-0.15, -0.1) is 0 Å². The predicted molar refractivity (Wildman–Crippen MR) is 83.4 cm³/mol. The molecule has 0 aliphatic carbocycles. The molecule has 20 heavy (non-hydrogen) atoms. The highest BCUT2D eigenvalue weighted by Crippen LogP contribution is 2.30. The molecule has 3 rings (SSSR count). The number of hydrogen-bond donors (Lipinski definition) is 3. The van der Waals surface area contributed by atoms with Crippen LogP contribution in [0.3, 0.4) is 0 Å². The average molecular weight is 268 g/mol. The van der Waals surface area contributed by atoms with E-state index in [2.05, 4.69) is 27.3 Å². The highest BCUT2D eigenvalue weighted by atomic mass is 15.2. The van der Waals surface area contributed by atoms with E-state index in [0.717, 1.165) is 35.6 Å². The van der Waals surface area contributed by atoms with Crippen molar-refractivity contribution in [1.82, 2.24) is 9.88 Å². The van der Waals surface area contributed by atoms with Crippen LogP contribution in [0, 0.1) is 5.41 Å². The van der Waals surface area contributed by atoms with Gasteiger partial charge in [0.1, 0.15) is 11.7 Å². The molecule has 4 nitrogen and oxygen atoms in total. The number of anilines is 1. The lowest BCUT2D eigenvalue weighted by molar-refractivity contribution is 0.517. The summed E-state index contributed by atoms with van der Waals surface area (Å²) in [5.41, 5.74) is 3.21. The first-order valence-electron chi connectivity index (χ1n) is 7.09. The minimum absolute atomic E-state index is 0.618. The van der Waals surface area contributed by atoms with Crippen LogP contribution in [-0.2, 0) is 0 Å². The average Bonchev–Trinajstić information content (AvgIpc) is 3.16. The summed E-state index contributed by atoms with van der Waals surface area (Å²) in [5, 5.41) is 11.7. The molecule has 0 bridgehead atoms. The van der Waals surface area contributed by atoms with E-state index in [4.69, 9.17) is 5.41 Å². The Bertz CT molecular complexity index is 594. The summed E-state index contributed by atoms with van der Waals surface area (Å²) in [7, 11) is 1.89. The van der Waals surface area contributed by atoms with E-state index in [1.807, 2.05) is 31.4 Å². The van der Waals surface area contributed by atoms with Crippen LogP contribution in [0.2, 0.25) is 0 Å². The number of amidine groups is 1. The number of H-pyrrole nitrogens is 1. The van der Waals surface area contributed by atoms with E-state index in [1.54, 1.807) is 0 Å². The van der Waals surface area contributed by atoms with Crippen molar-refractivity contribution in [1.29, 1.82) is 5.41 Å². The second-order valence-electron chi connectivity index (χ2n) is 5.11. The van der Waals surface area contributed by atoms with Gasteiger partial charge in [-0.05, 0) is 18.4 Å². The van der Waals surface area contributed by atoms with Gasteiger partial charge in [0, 0.05) is 31.9 Å².